The molecule has 0 radical (unpaired) electrons. The summed E-state index contributed by atoms with van der Waals surface area (Å²) in [6.07, 6.45) is 6.11. The summed E-state index contributed by atoms with van der Waals surface area (Å²) in [4.78, 5) is 0. The van der Waals surface area contributed by atoms with Crippen LogP contribution in [0.25, 0.3) is 105 Å². The predicted octanol–water partition coefficient (Wildman–Crippen LogP) is 14.8. The molecule has 8 aromatic carbocycles. The molecule has 250 valence electrons. The van der Waals surface area contributed by atoms with Gasteiger partial charge in [-0.25, -0.2) is 0 Å². The molecular weight excluding hydrogens is 645 g/mol. The van der Waals surface area contributed by atoms with Crippen molar-refractivity contribution >= 4 is 60.7 Å². The van der Waals surface area contributed by atoms with Crippen molar-refractivity contribution in [3.05, 3.63) is 188 Å². The molecule has 53 heavy (non-hydrogen) atoms. The monoisotopic (exact) mass is 678 g/mol. The molecule has 2 nitrogen and oxygen atoms in total. The third kappa shape index (κ3) is 5.11. The van der Waals surface area contributed by atoms with Crippen LogP contribution in [0.5, 0.6) is 0 Å². The Morgan fingerprint density at radius 3 is 1.49 bits per heavy atom. The van der Waals surface area contributed by atoms with E-state index in [9.17, 15) is 0 Å². The third-order valence-electron chi connectivity index (χ3n) is 10.7. The van der Waals surface area contributed by atoms with Crippen LogP contribution >= 0.6 is 0 Å². The number of para-hydroxylation sites is 2. The summed E-state index contributed by atoms with van der Waals surface area (Å²) in [6, 6.07) is 56.2. The molecule has 0 bridgehead atoms. The summed E-state index contributed by atoms with van der Waals surface area (Å²) < 4.78 is 12.2. The van der Waals surface area contributed by atoms with E-state index in [1.54, 1.807) is 0 Å². The van der Waals surface area contributed by atoms with Crippen LogP contribution in [0, 0.1) is 6.92 Å². The minimum atomic E-state index is 0.905. The first kappa shape index (κ1) is 30.9. The fraction of sp³-hybridized carbons (Fsp3) is 0.0196. The molecular formula is C51H34O2. The molecule has 0 unspecified atom stereocenters. The Bertz CT molecular complexity index is 3080. The molecule has 0 fully saturated rings. The van der Waals surface area contributed by atoms with Gasteiger partial charge in [0.1, 0.15) is 22.3 Å². The third-order valence-corrected chi connectivity index (χ3v) is 10.7. The molecule has 2 heterocycles. The van der Waals surface area contributed by atoms with E-state index in [1.807, 2.05) is 36.4 Å². The zero-order chi connectivity index (χ0) is 35.5. The van der Waals surface area contributed by atoms with E-state index >= 15 is 0 Å². The van der Waals surface area contributed by atoms with Gasteiger partial charge in [0.25, 0.3) is 0 Å². The van der Waals surface area contributed by atoms with Crippen molar-refractivity contribution in [2.75, 3.05) is 0 Å². The lowest BCUT2D eigenvalue weighted by molar-refractivity contribution is 0.668. The average Bonchev–Trinajstić information content (AvgIpc) is 3.78. The highest BCUT2D eigenvalue weighted by Gasteiger charge is 2.19. The Labute approximate surface area is 307 Å². The average molecular weight is 679 g/mol. The zero-order valence-corrected chi connectivity index (χ0v) is 29.3. The second-order valence-corrected chi connectivity index (χ2v) is 13.7. The highest BCUT2D eigenvalue weighted by Crippen LogP contribution is 2.44. The largest absolute Gasteiger partial charge is 0.456 e. The second-order valence-electron chi connectivity index (χ2n) is 13.7. The van der Waals surface area contributed by atoms with Gasteiger partial charge in [-0.2, -0.15) is 0 Å². The van der Waals surface area contributed by atoms with Crippen molar-refractivity contribution in [3.63, 3.8) is 0 Å². The molecule has 2 aromatic heterocycles. The number of allylic oxidation sites excluding steroid dienone is 2. The number of hydrogen-bond donors (Lipinski definition) is 0. The second kappa shape index (κ2) is 12.4. The fourth-order valence-electron chi connectivity index (χ4n) is 8.14. The maximum atomic E-state index is 6.13. The van der Waals surface area contributed by atoms with Gasteiger partial charge in [-0.05, 0) is 116 Å². The van der Waals surface area contributed by atoms with Gasteiger partial charge in [0, 0.05) is 21.5 Å². The Kier molecular flexibility index (Phi) is 7.23. The van der Waals surface area contributed by atoms with Crippen LogP contribution in [0.2, 0.25) is 0 Å². The first-order valence-electron chi connectivity index (χ1n) is 18.0. The Balaban J connectivity index is 1.10. The number of hydrogen-bond acceptors (Lipinski definition) is 2. The molecule has 0 spiro atoms. The van der Waals surface area contributed by atoms with Gasteiger partial charge in [-0.3, -0.25) is 0 Å². The molecule has 10 aromatic rings. The van der Waals surface area contributed by atoms with Crippen LogP contribution in [0.15, 0.2) is 185 Å². The molecule has 0 saturated heterocycles. The lowest BCUT2D eigenvalue weighted by Gasteiger charge is -2.20. The molecule has 0 amide bonds. The maximum absolute atomic E-state index is 6.13. The van der Waals surface area contributed by atoms with Gasteiger partial charge in [0.15, 0.2) is 0 Å². The normalized spacial score (nSPS) is 11.9. The van der Waals surface area contributed by atoms with E-state index in [1.165, 1.54) is 60.8 Å². The van der Waals surface area contributed by atoms with Gasteiger partial charge < -0.3 is 8.83 Å². The molecule has 0 N–H and O–H groups in total. The van der Waals surface area contributed by atoms with E-state index in [-0.39, 0.29) is 0 Å². The van der Waals surface area contributed by atoms with E-state index in [2.05, 4.69) is 153 Å². The van der Waals surface area contributed by atoms with Gasteiger partial charge in [0.05, 0.1) is 0 Å². The zero-order valence-electron chi connectivity index (χ0n) is 29.3. The summed E-state index contributed by atoms with van der Waals surface area (Å²) in [5, 5.41) is 6.99. The smallest absolute Gasteiger partial charge is 0.135 e. The van der Waals surface area contributed by atoms with Gasteiger partial charge in [-0.1, -0.05) is 140 Å². The van der Waals surface area contributed by atoms with E-state index in [4.69, 9.17) is 8.83 Å². The van der Waals surface area contributed by atoms with Crippen LogP contribution in [-0.2, 0) is 0 Å². The summed E-state index contributed by atoms with van der Waals surface area (Å²) >= 11 is 0. The van der Waals surface area contributed by atoms with Crippen LogP contribution in [0.4, 0.5) is 0 Å². The van der Waals surface area contributed by atoms with Crippen molar-refractivity contribution in [2.24, 2.45) is 0 Å². The van der Waals surface area contributed by atoms with Gasteiger partial charge in [0.2, 0.25) is 0 Å². The maximum Gasteiger partial charge on any atom is 0.135 e. The van der Waals surface area contributed by atoms with E-state index in [0.717, 1.165) is 49.4 Å². The standard InChI is InChI=1S/C51H34O2/c1-3-4-14-39-32(2)50(38-13-11-12-35(29-38)37-26-28-49-45(31-37)41-16-8-10-20-47(41)53-49)42-17-5-6-18-43(42)51(39)34-23-21-33(22-24-34)36-25-27-48-44(30-36)40-15-7-9-19-46(40)52-48/h3-31H,1H2,2H3/b14-4-. The topological polar surface area (TPSA) is 26.3 Å². The van der Waals surface area contributed by atoms with E-state index in [0.29, 0.717) is 0 Å². The van der Waals surface area contributed by atoms with Crippen molar-refractivity contribution in [1.29, 1.82) is 0 Å². The molecule has 2 heteroatoms. The van der Waals surface area contributed by atoms with Crippen molar-refractivity contribution in [2.45, 2.75) is 6.92 Å². The lowest BCUT2D eigenvalue weighted by Crippen LogP contribution is -1.96. The lowest BCUT2D eigenvalue weighted by atomic mass is 9.83. The van der Waals surface area contributed by atoms with Crippen LogP contribution in [0.3, 0.4) is 0 Å². The SMILES string of the molecule is C=C/C=C\c1c(C)c(-c2cccc(-c3ccc4oc5ccccc5c4c3)c2)c2ccccc2c1-c1ccc(-c2ccc3oc4ccccc4c3c2)cc1. The summed E-state index contributed by atoms with van der Waals surface area (Å²) in [6.45, 7) is 6.27. The highest BCUT2D eigenvalue weighted by atomic mass is 16.3. The number of rotatable bonds is 6. The van der Waals surface area contributed by atoms with Crippen LogP contribution < -0.4 is 0 Å². The first-order chi connectivity index (χ1) is 26.1. The number of benzene rings is 8. The number of furan rings is 2. The fourth-order valence-corrected chi connectivity index (χ4v) is 8.14. The predicted molar refractivity (Wildman–Crippen MR) is 224 cm³/mol. The molecule has 0 aliphatic rings. The minimum Gasteiger partial charge on any atom is -0.456 e. The molecule has 0 atom stereocenters. The summed E-state index contributed by atoms with van der Waals surface area (Å²) in [5.74, 6) is 0. The summed E-state index contributed by atoms with van der Waals surface area (Å²) in [7, 11) is 0. The Morgan fingerprint density at radius 2 is 0.868 bits per heavy atom. The highest BCUT2D eigenvalue weighted by molar-refractivity contribution is 6.11. The van der Waals surface area contributed by atoms with Crippen LogP contribution in [-0.4, -0.2) is 0 Å². The van der Waals surface area contributed by atoms with Crippen molar-refractivity contribution < 1.29 is 8.83 Å². The quantitative estimate of drug-likeness (QED) is 0.164. The van der Waals surface area contributed by atoms with Gasteiger partial charge >= 0.3 is 0 Å². The van der Waals surface area contributed by atoms with Crippen molar-refractivity contribution in [3.8, 4) is 44.5 Å². The Hall–Kier alpha value is -6.90. The molecule has 0 aliphatic heterocycles. The van der Waals surface area contributed by atoms with Gasteiger partial charge in [-0.15, -0.1) is 0 Å². The van der Waals surface area contributed by atoms with Crippen LogP contribution in [0.1, 0.15) is 11.1 Å². The molecule has 10 rings (SSSR count). The Morgan fingerprint density at radius 1 is 0.396 bits per heavy atom. The molecule has 0 saturated carbocycles. The number of fused-ring (bicyclic) bond motifs is 7. The minimum absolute atomic E-state index is 0.905. The van der Waals surface area contributed by atoms with Crippen molar-refractivity contribution in [1.82, 2.24) is 0 Å². The molecule has 0 aliphatic carbocycles. The van der Waals surface area contributed by atoms with E-state index < -0.39 is 0 Å². The first-order valence-corrected chi connectivity index (χ1v) is 18.0. The summed E-state index contributed by atoms with van der Waals surface area (Å²) in [5.41, 5.74) is 15.5.